The van der Waals surface area contributed by atoms with Gasteiger partial charge in [-0.1, -0.05) is 19.1 Å². The Hall–Kier alpha value is -2.76. The molecule has 2 saturated heterocycles. The number of aryl methyl sites for hydroxylation is 1. The Morgan fingerprint density at radius 1 is 1.23 bits per heavy atom. The van der Waals surface area contributed by atoms with Crippen molar-refractivity contribution in [3.63, 3.8) is 0 Å². The average Bonchev–Trinajstić information content (AvgIpc) is 3.04. The van der Waals surface area contributed by atoms with Crippen LogP contribution in [0.15, 0.2) is 42.7 Å². The summed E-state index contributed by atoms with van der Waals surface area (Å²) in [6, 6.07) is 8.46. The Morgan fingerprint density at radius 2 is 2.00 bits per heavy atom. The molecule has 2 aromatic rings. The van der Waals surface area contributed by atoms with Crippen molar-refractivity contribution < 1.29 is 14.0 Å². The van der Waals surface area contributed by atoms with Gasteiger partial charge in [-0.2, -0.15) is 0 Å². The minimum Gasteiger partial charge on any atom is -0.333 e. The van der Waals surface area contributed by atoms with E-state index in [0.29, 0.717) is 25.1 Å². The molecule has 1 aromatic carbocycles. The van der Waals surface area contributed by atoms with E-state index in [0.717, 1.165) is 31.2 Å². The summed E-state index contributed by atoms with van der Waals surface area (Å²) in [5.74, 6) is -0.619. The highest BCUT2D eigenvalue weighted by molar-refractivity contribution is 5.96. The molecule has 0 bridgehead atoms. The molecule has 0 saturated carbocycles. The fourth-order valence-corrected chi connectivity index (χ4v) is 5.42. The number of benzene rings is 1. The summed E-state index contributed by atoms with van der Waals surface area (Å²) in [5, 5.41) is 0. The second kappa shape index (κ2) is 8.17. The van der Waals surface area contributed by atoms with Crippen LogP contribution in [0.4, 0.5) is 4.39 Å². The highest BCUT2D eigenvalue weighted by Crippen LogP contribution is 2.44. The topological polar surface area (TPSA) is 53.5 Å². The molecule has 6 heteroatoms. The second-order valence-electron chi connectivity index (χ2n) is 8.40. The van der Waals surface area contributed by atoms with E-state index in [1.165, 1.54) is 6.07 Å². The van der Waals surface area contributed by atoms with Crippen molar-refractivity contribution in [2.75, 3.05) is 6.54 Å². The quantitative estimate of drug-likeness (QED) is 0.764. The first-order valence-electron chi connectivity index (χ1n) is 10.7. The molecule has 0 N–H and O–H groups in total. The first-order valence-corrected chi connectivity index (χ1v) is 10.7. The van der Waals surface area contributed by atoms with Crippen LogP contribution in [-0.4, -0.2) is 44.7 Å². The molecule has 1 aromatic heterocycles. The number of hydrogen-bond donors (Lipinski definition) is 0. The van der Waals surface area contributed by atoms with Crippen molar-refractivity contribution in [1.82, 2.24) is 14.8 Å². The van der Waals surface area contributed by atoms with Crippen LogP contribution in [0.3, 0.4) is 0 Å². The molecule has 1 spiro atoms. The lowest BCUT2D eigenvalue weighted by Gasteiger charge is -2.52. The molecular formula is C24H28FN3O2. The molecule has 2 amide bonds. The van der Waals surface area contributed by atoms with Crippen molar-refractivity contribution in [2.24, 2.45) is 0 Å². The zero-order valence-electron chi connectivity index (χ0n) is 17.6. The molecule has 0 radical (unpaired) electrons. The van der Waals surface area contributed by atoms with E-state index in [1.54, 1.807) is 31.5 Å². The molecule has 2 atom stereocenters. The van der Waals surface area contributed by atoms with Crippen molar-refractivity contribution in [2.45, 2.75) is 64.1 Å². The zero-order valence-corrected chi connectivity index (χ0v) is 17.6. The molecule has 0 aliphatic carbocycles. The summed E-state index contributed by atoms with van der Waals surface area (Å²) in [5.41, 5.74) is 1.42. The Balaban J connectivity index is 1.69. The predicted octanol–water partition coefficient (Wildman–Crippen LogP) is 4.11. The van der Waals surface area contributed by atoms with Crippen LogP contribution in [-0.2, 0) is 11.3 Å². The van der Waals surface area contributed by atoms with Crippen LogP contribution in [0.2, 0.25) is 0 Å². The molecule has 4 rings (SSSR count). The fourth-order valence-electron chi connectivity index (χ4n) is 5.42. The van der Waals surface area contributed by atoms with E-state index < -0.39 is 11.4 Å². The summed E-state index contributed by atoms with van der Waals surface area (Å²) >= 11 is 0. The summed E-state index contributed by atoms with van der Waals surface area (Å²) in [7, 11) is 0. The standard InChI is InChI=1S/C24H28FN3O2/c1-3-20-24(12-8-21(29)28(24)16-18-9-13-26-14-10-18)11-5-15-27(20)23(30)22-17(2)6-4-7-19(22)25/h4,6-7,9-10,13-14,20H,3,5,8,11-12,15-16H2,1-2H3/t20-,24-/m0/s1. The maximum absolute atomic E-state index is 14.6. The molecule has 30 heavy (non-hydrogen) atoms. The number of halogens is 1. The molecule has 2 aliphatic heterocycles. The SMILES string of the molecule is CC[C@@H]1N(C(=O)c2c(C)cccc2F)CCC[C@]12CCC(=O)N2Cc1ccncc1. The van der Waals surface area contributed by atoms with Gasteiger partial charge in [0.15, 0.2) is 0 Å². The number of aromatic nitrogens is 1. The average molecular weight is 410 g/mol. The van der Waals surface area contributed by atoms with Gasteiger partial charge in [-0.25, -0.2) is 4.39 Å². The number of likely N-dealkylation sites (tertiary alicyclic amines) is 2. The second-order valence-corrected chi connectivity index (χ2v) is 8.40. The van der Waals surface area contributed by atoms with E-state index in [9.17, 15) is 14.0 Å². The van der Waals surface area contributed by atoms with Gasteiger partial charge >= 0.3 is 0 Å². The number of carbonyl (C=O) groups is 2. The van der Waals surface area contributed by atoms with Crippen LogP contribution >= 0.6 is 0 Å². The van der Waals surface area contributed by atoms with Gasteiger partial charge in [0.25, 0.3) is 5.91 Å². The number of rotatable bonds is 4. The van der Waals surface area contributed by atoms with E-state index in [4.69, 9.17) is 0 Å². The van der Waals surface area contributed by atoms with Crippen LogP contribution < -0.4 is 0 Å². The highest BCUT2D eigenvalue weighted by Gasteiger charge is 2.54. The smallest absolute Gasteiger partial charge is 0.257 e. The summed E-state index contributed by atoms with van der Waals surface area (Å²) in [6.45, 7) is 4.92. The minimum atomic E-state index is -0.481. The minimum absolute atomic E-state index is 0.127. The lowest BCUT2D eigenvalue weighted by atomic mass is 9.77. The van der Waals surface area contributed by atoms with E-state index in [-0.39, 0.29) is 23.4 Å². The Kier molecular flexibility index (Phi) is 5.58. The van der Waals surface area contributed by atoms with Gasteiger partial charge in [-0.05, 0) is 61.9 Å². The lowest BCUT2D eigenvalue weighted by Crippen LogP contribution is -2.64. The van der Waals surface area contributed by atoms with E-state index in [1.807, 2.05) is 21.9 Å². The predicted molar refractivity (Wildman–Crippen MR) is 112 cm³/mol. The van der Waals surface area contributed by atoms with Gasteiger partial charge in [-0.3, -0.25) is 14.6 Å². The molecule has 2 aliphatic rings. The van der Waals surface area contributed by atoms with Crippen molar-refractivity contribution in [3.8, 4) is 0 Å². The van der Waals surface area contributed by atoms with Crippen LogP contribution in [0.1, 0.15) is 60.5 Å². The summed E-state index contributed by atoms with van der Waals surface area (Å²) in [6.07, 6.45) is 7.07. The molecule has 2 fully saturated rings. The van der Waals surface area contributed by atoms with Gasteiger partial charge in [0.1, 0.15) is 5.82 Å². The summed E-state index contributed by atoms with van der Waals surface area (Å²) < 4.78 is 14.6. The molecule has 0 unspecified atom stereocenters. The largest absolute Gasteiger partial charge is 0.333 e. The van der Waals surface area contributed by atoms with Crippen molar-refractivity contribution >= 4 is 11.8 Å². The highest BCUT2D eigenvalue weighted by atomic mass is 19.1. The van der Waals surface area contributed by atoms with Crippen LogP contribution in [0.5, 0.6) is 0 Å². The third-order valence-corrected chi connectivity index (χ3v) is 6.79. The maximum Gasteiger partial charge on any atom is 0.257 e. The van der Waals surface area contributed by atoms with Gasteiger partial charge in [0, 0.05) is 31.9 Å². The summed E-state index contributed by atoms with van der Waals surface area (Å²) in [4.78, 5) is 34.3. The van der Waals surface area contributed by atoms with Crippen LogP contribution in [0.25, 0.3) is 0 Å². The Labute approximate surface area is 176 Å². The number of carbonyl (C=O) groups excluding carboxylic acids is 2. The molecule has 3 heterocycles. The number of amides is 2. The molecular weight excluding hydrogens is 381 g/mol. The van der Waals surface area contributed by atoms with E-state index >= 15 is 0 Å². The number of nitrogens with zero attached hydrogens (tertiary/aromatic N) is 3. The fraction of sp³-hybridized carbons (Fsp3) is 0.458. The van der Waals surface area contributed by atoms with Gasteiger partial charge < -0.3 is 9.80 Å². The molecule has 5 nitrogen and oxygen atoms in total. The van der Waals surface area contributed by atoms with Gasteiger partial charge in [0.05, 0.1) is 17.1 Å². The van der Waals surface area contributed by atoms with E-state index in [2.05, 4.69) is 11.9 Å². The van der Waals surface area contributed by atoms with Gasteiger partial charge in [0.2, 0.25) is 5.91 Å². The Morgan fingerprint density at radius 3 is 2.70 bits per heavy atom. The third-order valence-electron chi connectivity index (χ3n) is 6.79. The number of pyridine rings is 1. The number of piperidine rings is 1. The van der Waals surface area contributed by atoms with Crippen molar-refractivity contribution in [3.05, 3.63) is 65.2 Å². The first kappa shape index (κ1) is 20.5. The monoisotopic (exact) mass is 409 g/mol. The maximum atomic E-state index is 14.6. The number of hydrogen-bond acceptors (Lipinski definition) is 3. The third kappa shape index (κ3) is 3.38. The van der Waals surface area contributed by atoms with Crippen molar-refractivity contribution in [1.29, 1.82) is 0 Å². The first-order chi connectivity index (χ1) is 14.5. The Bertz CT molecular complexity index is 928. The van der Waals surface area contributed by atoms with Crippen LogP contribution in [0, 0.1) is 12.7 Å². The van der Waals surface area contributed by atoms with Gasteiger partial charge in [-0.15, -0.1) is 0 Å². The normalized spacial score (nSPS) is 24.0. The lowest BCUT2D eigenvalue weighted by molar-refractivity contribution is -0.135. The zero-order chi connectivity index (χ0) is 21.3. The molecule has 158 valence electrons.